The molecule has 3 heterocycles. The van der Waals surface area contributed by atoms with Crippen LogP contribution in [0.25, 0.3) is 0 Å². The summed E-state index contributed by atoms with van der Waals surface area (Å²) in [6, 6.07) is -0.544. The van der Waals surface area contributed by atoms with Crippen molar-refractivity contribution in [3.63, 3.8) is 0 Å². The highest BCUT2D eigenvalue weighted by Crippen LogP contribution is 2.28. The largest absolute Gasteiger partial charge is 0.348 e. The lowest BCUT2D eigenvalue weighted by Gasteiger charge is -2.32. The highest BCUT2D eigenvalue weighted by molar-refractivity contribution is 5.85. The number of nitrogens with zero attached hydrogens (tertiary/aromatic N) is 4. The standard InChI is InChI=1S/C16H24N6O2.2ClH/c1-10(2)14-20-15(24-21-14)11-3-5-22(6-4-11)16(23)13(17)7-12-8-18-9-19-12;;/h8-11,13H,3-7,17H2,1-2H3,(H,18,19);2*1H/t13-;;/m0../s1. The van der Waals surface area contributed by atoms with Crippen LogP contribution in [-0.2, 0) is 11.2 Å². The predicted molar refractivity (Wildman–Crippen MR) is 102 cm³/mol. The minimum Gasteiger partial charge on any atom is -0.348 e. The van der Waals surface area contributed by atoms with Crippen molar-refractivity contribution >= 4 is 30.7 Å². The third-order valence-corrected chi connectivity index (χ3v) is 4.44. The predicted octanol–water partition coefficient (Wildman–Crippen LogP) is 2.04. The number of H-pyrrole nitrogens is 1. The highest BCUT2D eigenvalue weighted by Gasteiger charge is 2.30. The van der Waals surface area contributed by atoms with E-state index in [0.717, 1.165) is 24.4 Å². The zero-order valence-electron chi connectivity index (χ0n) is 14.9. The summed E-state index contributed by atoms with van der Waals surface area (Å²) >= 11 is 0. The second-order valence-corrected chi connectivity index (χ2v) is 6.63. The molecule has 146 valence electrons. The fourth-order valence-corrected chi connectivity index (χ4v) is 2.95. The van der Waals surface area contributed by atoms with Crippen molar-refractivity contribution in [3.05, 3.63) is 29.9 Å². The van der Waals surface area contributed by atoms with Gasteiger partial charge in [-0.05, 0) is 12.8 Å². The lowest BCUT2D eigenvalue weighted by molar-refractivity contribution is -0.133. The number of carbonyl (C=O) groups excluding carboxylic acids is 1. The Morgan fingerprint density at radius 1 is 1.38 bits per heavy atom. The van der Waals surface area contributed by atoms with Gasteiger partial charge >= 0.3 is 0 Å². The first-order valence-corrected chi connectivity index (χ1v) is 8.39. The van der Waals surface area contributed by atoms with Crippen LogP contribution in [-0.4, -0.2) is 50.0 Å². The van der Waals surface area contributed by atoms with E-state index in [1.165, 1.54) is 0 Å². The maximum atomic E-state index is 12.5. The first-order chi connectivity index (χ1) is 11.5. The van der Waals surface area contributed by atoms with Gasteiger partial charge in [-0.1, -0.05) is 19.0 Å². The molecule has 3 N–H and O–H groups in total. The van der Waals surface area contributed by atoms with Crippen molar-refractivity contribution in [1.29, 1.82) is 0 Å². The molecule has 0 bridgehead atoms. The van der Waals surface area contributed by atoms with Gasteiger partial charge in [0, 0.05) is 43.2 Å². The van der Waals surface area contributed by atoms with Crippen molar-refractivity contribution in [2.24, 2.45) is 5.73 Å². The molecule has 1 aliphatic rings. The molecule has 0 aromatic carbocycles. The summed E-state index contributed by atoms with van der Waals surface area (Å²) in [5.41, 5.74) is 6.91. The van der Waals surface area contributed by atoms with Gasteiger partial charge in [0.1, 0.15) is 0 Å². The lowest BCUT2D eigenvalue weighted by atomic mass is 9.96. The minimum atomic E-state index is -0.544. The fraction of sp³-hybridized carbons (Fsp3) is 0.625. The van der Waals surface area contributed by atoms with Crippen LogP contribution >= 0.6 is 24.8 Å². The van der Waals surface area contributed by atoms with Gasteiger partial charge in [0.25, 0.3) is 0 Å². The second kappa shape index (κ2) is 9.89. The summed E-state index contributed by atoms with van der Waals surface area (Å²) in [6.45, 7) is 5.41. The number of carbonyl (C=O) groups is 1. The Morgan fingerprint density at radius 2 is 2.08 bits per heavy atom. The molecule has 10 heteroatoms. The molecule has 1 atom stereocenters. The van der Waals surface area contributed by atoms with Crippen LogP contribution in [0.2, 0.25) is 0 Å². The summed E-state index contributed by atoms with van der Waals surface area (Å²) in [5, 5.41) is 4.02. The van der Waals surface area contributed by atoms with E-state index >= 15 is 0 Å². The fourth-order valence-electron chi connectivity index (χ4n) is 2.95. The van der Waals surface area contributed by atoms with Crippen LogP contribution in [0, 0.1) is 0 Å². The number of hydrogen-bond acceptors (Lipinski definition) is 6. The van der Waals surface area contributed by atoms with Gasteiger partial charge in [-0.25, -0.2) is 4.98 Å². The molecule has 1 amide bonds. The van der Waals surface area contributed by atoms with Gasteiger partial charge in [-0.3, -0.25) is 4.79 Å². The molecule has 8 nitrogen and oxygen atoms in total. The Morgan fingerprint density at radius 3 is 2.62 bits per heavy atom. The Balaban J connectivity index is 0.00000169. The maximum Gasteiger partial charge on any atom is 0.239 e. The molecular weight excluding hydrogens is 379 g/mol. The van der Waals surface area contributed by atoms with Gasteiger partial charge in [0.2, 0.25) is 11.8 Å². The van der Waals surface area contributed by atoms with Gasteiger partial charge < -0.3 is 20.1 Å². The van der Waals surface area contributed by atoms with Gasteiger partial charge in [0.05, 0.1) is 12.4 Å². The molecular formula is C16H26Cl2N6O2. The number of imidazole rings is 1. The first kappa shape index (κ1) is 22.4. The van der Waals surface area contributed by atoms with Crippen molar-refractivity contribution in [1.82, 2.24) is 25.0 Å². The summed E-state index contributed by atoms with van der Waals surface area (Å²) in [6.07, 6.45) is 5.40. The van der Waals surface area contributed by atoms with Crippen LogP contribution in [0.15, 0.2) is 17.0 Å². The molecule has 26 heavy (non-hydrogen) atoms. The second-order valence-electron chi connectivity index (χ2n) is 6.63. The number of piperidine rings is 1. The molecule has 0 radical (unpaired) electrons. The maximum absolute atomic E-state index is 12.5. The molecule has 1 aliphatic heterocycles. The van der Waals surface area contributed by atoms with Crippen LogP contribution in [0.3, 0.4) is 0 Å². The zero-order valence-corrected chi connectivity index (χ0v) is 16.6. The van der Waals surface area contributed by atoms with E-state index in [4.69, 9.17) is 10.3 Å². The van der Waals surface area contributed by atoms with Crippen molar-refractivity contribution in [2.45, 2.75) is 51.0 Å². The SMILES string of the molecule is CC(C)c1noc(C2CCN(C(=O)[C@@H](N)Cc3cnc[nH]3)CC2)n1.Cl.Cl. The number of aromatic nitrogens is 4. The molecule has 2 aromatic heterocycles. The van der Waals surface area contributed by atoms with Crippen LogP contribution < -0.4 is 5.73 Å². The van der Waals surface area contributed by atoms with E-state index < -0.39 is 6.04 Å². The Bertz CT molecular complexity index is 668. The van der Waals surface area contributed by atoms with Crippen molar-refractivity contribution in [3.8, 4) is 0 Å². The number of hydrogen-bond donors (Lipinski definition) is 2. The van der Waals surface area contributed by atoms with E-state index in [1.807, 2.05) is 18.7 Å². The number of nitrogens with two attached hydrogens (primary N) is 1. The Kier molecular flexibility index (Phi) is 8.52. The number of rotatable bonds is 5. The molecule has 3 rings (SSSR count). The molecule has 0 saturated carbocycles. The Hall–Kier alpha value is -1.64. The van der Waals surface area contributed by atoms with Crippen LogP contribution in [0.4, 0.5) is 0 Å². The molecule has 1 fully saturated rings. The molecule has 1 saturated heterocycles. The third-order valence-electron chi connectivity index (χ3n) is 4.44. The quantitative estimate of drug-likeness (QED) is 0.787. The molecule has 0 unspecified atom stereocenters. The summed E-state index contributed by atoms with van der Waals surface area (Å²) in [4.78, 5) is 25.7. The summed E-state index contributed by atoms with van der Waals surface area (Å²) < 4.78 is 5.38. The van der Waals surface area contributed by atoms with E-state index in [1.54, 1.807) is 12.5 Å². The number of halogens is 2. The topological polar surface area (TPSA) is 114 Å². The molecule has 0 aliphatic carbocycles. The smallest absolute Gasteiger partial charge is 0.239 e. The zero-order chi connectivity index (χ0) is 17.1. The average molecular weight is 405 g/mol. The van der Waals surface area contributed by atoms with Gasteiger partial charge in [-0.2, -0.15) is 4.98 Å². The lowest BCUT2D eigenvalue weighted by Crippen LogP contribution is -2.47. The Labute approximate surface area is 165 Å². The number of aromatic amines is 1. The highest BCUT2D eigenvalue weighted by atomic mass is 35.5. The minimum absolute atomic E-state index is 0. The van der Waals surface area contributed by atoms with E-state index in [2.05, 4.69) is 20.1 Å². The van der Waals surface area contributed by atoms with Crippen molar-refractivity contribution < 1.29 is 9.32 Å². The molecule has 0 spiro atoms. The van der Waals surface area contributed by atoms with Crippen molar-refractivity contribution in [2.75, 3.05) is 13.1 Å². The number of nitrogens with one attached hydrogen (secondary N) is 1. The average Bonchev–Trinajstić information content (AvgIpc) is 3.26. The van der Waals surface area contributed by atoms with E-state index in [-0.39, 0.29) is 42.6 Å². The van der Waals surface area contributed by atoms with Crippen LogP contribution in [0.5, 0.6) is 0 Å². The van der Waals surface area contributed by atoms with Gasteiger partial charge in [-0.15, -0.1) is 24.8 Å². The number of likely N-dealkylation sites (tertiary alicyclic amines) is 1. The summed E-state index contributed by atoms with van der Waals surface area (Å²) in [5.74, 6) is 1.89. The van der Waals surface area contributed by atoms with E-state index in [0.29, 0.717) is 25.4 Å². The monoisotopic (exact) mass is 404 g/mol. The van der Waals surface area contributed by atoms with E-state index in [9.17, 15) is 4.79 Å². The first-order valence-electron chi connectivity index (χ1n) is 8.39. The molecule has 2 aromatic rings. The van der Waals surface area contributed by atoms with Crippen LogP contribution in [0.1, 0.15) is 55.9 Å². The number of amides is 1. The summed E-state index contributed by atoms with van der Waals surface area (Å²) in [7, 11) is 0. The third kappa shape index (κ3) is 5.18. The van der Waals surface area contributed by atoms with Gasteiger partial charge in [0.15, 0.2) is 5.82 Å². The normalized spacial score (nSPS) is 16.1.